The van der Waals surface area contributed by atoms with E-state index < -0.39 is 0 Å². The zero-order valence-corrected chi connectivity index (χ0v) is 17.4. The van der Waals surface area contributed by atoms with Crippen LogP contribution in [0.5, 0.6) is 5.75 Å². The smallest absolute Gasteiger partial charge is 0.196 e. The molecule has 6 heteroatoms. The van der Waals surface area contributed by atoms with Crippen LogP contribution in [0.1, 0.15) is 12.0 Å². The summed E-state index contributed by atoms with van der Waals surface area (Å²) in [6.07, 6.45) is 1.26. The fraction of sp³-hybridized carbons (Fsp3) is 0.364. The molecule has 1 aliphatic heterocycles. The van der Waals surface area contributed by atoms with Gasteiger partial charge in [-0.25, -0.2) is 0 Å². The van der Waals surface area contributed by atoms with E-state index in [4.69, 9.17) is 4.74 Å². The molecular weight excluding hydrogens is 368 g/mol. The maximum Gasteiger partial charge on any atom is 0.196 e. The first-order valence-corrected chi connectivity index (χ1v) is 10.6. The summed E-state index contributed by atoms with van der Waals surface area (Å²) >= 11 is 1.81. The predicted octanol–water partition coefficient (Wildman–Crippen LogP) is 4.30. The molecule has 146 valence electrons. The number of likely N-dealkylation sites (tertiary alicyclic amines) is 1. The highest BCUT2D eigenvalue weighted by Gasteiger charge is 2.22. The Morgan fingerprint density at radius 2 is 1.82 bits per heavy atom. The largest absolute Gasteiger partial charge is 0.497 e. The molecule has 3 aromatic rings. The van der Waals surface area contributed by atoms with Gasteiger partial charge in [-0.3, -0.25) is 4.57 Å². The number of hydrogen-bond acceptors (Lipinski definition) is 5. The Morgan fingerprint density at radius 3 is 2.46 bits per heavy atom. The normalized spacial score (nSPS) is 17.2. The third kappa shape index (κ3) is 4.08. The number of aromatic nitrogens is 3. The van der Waals surface area contributed by atoms with Crippen LogP contribution >= 0.6 is 11.8 Å². The average molecular weight is 395 g/mol. The first-order chi connectivity index (χ1) is 13.6. The fourth-order valence-corrected chi connectivity index (χ4v) is 4.65. The van der Waals surface area contributed by atoms with Gasteiger partial charge in [-0.05, 0) is 69.3 Å². The van der Waals surface area contributed by atoms with Gasteiger partial charge in [0.05, 0.1) is 7.11 Å². The van der Waals surface area contributed by atoms with E-state index in [1.807, 2.05) is 24.3 Å². The summed E-state index contributed by atoms with van der Waals surface area (Å²) in [4.78, 5) is 2.40. The minimum absolute atomic E-state index is 0.711. The van der Waals surface area contributed by atoms with Gasteiger partial charge in [-0.2, -0.15) is 0 Å². The van der Waals surface area contributed by atoms with Crippen molar-refractivity contribution in [3.05, 3.63) is 54.1 Å². The second kappa shape index (κ2) is 8.37. The van der Waals surface area contributed by atoms with E-state index in [2.05, 4.69) is 57.9 Å². The monoisotopic (exact) mass is 394 g/mol. The molecule has 0 amide bonds. The lowest BCUT2D eigenvalue weighted by molar-refractivity contribution is 0.403. The molecule has 2 aromatic carbocycles. The quantitative estimate of drug-likeness (QED) is 0.583. The Labute approximate surface area is 170 Å². The standard InChI is InChI=1S/C22H26N4OS/c1-16-4-8-19(9-5-16)26-21(18-6-10-20(27-3)11-7-18)23-24-22(26)28-15-17-12-13-25(2)14-17/h4-11,17H,12-15H2,1-3H3/t17-/m1/s1. The Bertz CT molecular complexity index is 921. The van der Waals surface area contributed by atoms with Crippen molar-refractivity contribution in [2.45, 2.75) is 18.5 Å². The van der Waals surface area contributed by atoms with Gasteiger partial charge in [-0.1, -0.05) is 29.5 Å². The third-order valence-corrected chi connectivity index (χ3v) is 6.37. The van der Waals surface area contributed by atoms with Gasteiger partial charge in [0.2, 0.25) is 0 Å². The SMILES string of the molecule is COc1ccc(-c2nnc(SC[C@@H]3CCN(C)C3)n2-c2ccc(C)cc2)cc1. The number of ether oxygens (including phenoxy) is 1. The molecule has 0 radical (unpaired) electrons. The minimum atomic E-state index is 0.711. The molecular formula is C22H26N4OS. The molecule has 5 nitrogen and oxygen atoms in total. The molecule has 2 heterocycles. The highest BCUT2D eigenvalue weighted by molar-refractivity contribution is 7.99. The van der Waals surface area contributed by atoms with Crippen LogP contribution in [-0.4, -0.2) is 52.7 Å². The van der Waals surface area contributed by atoms with E-state index in [1.54, 1.807) is 18.9 Å². The molecule has 1 aromatic heterocycles. The van der Waals surface area contributed by atoms with Crippen molar-refractivity contribution in [1.29, 1.82) is 0 Å². The van der Waals surface area contributed by atoms with E-state index in [1.165, 1.54) is 18.5 Å². The fourth-order valence-electron chi connectivity index (χ4n) is 3.57. The number of methoxy groups -OCH3 is 1. The predicted molar refractivity (Wildman–Crippen MR) is 114 cm³/mol. The van der Waals surface area contributed by atoms with Gasteiger partial charge in [-0.15, -0.1) is 10.2 Å². The van der Waals surface area contributed by atoms with Crippen LogP contribution in [0.25, 0.3) is 17.1 Å². The van der Waals surface area contributed by atoms with Crippen LogP contribution in [0.3, 0.4) is 0 Å². The number of aryl methyl sites for hydroxylation is 1. The Morgan fingerprint density at radius 1 is 1.07 bits per heavy atom. The third-order valence-electron chi connectivity index (χ3n) is 5.21. The van der Waals surface area contributed by atoms with Crippen LogP contribution in [0, 0.1) is 12.8 Å². The number of rotatable bonds is 6. The van der Waals surface area contributed by atoms with Crippen molar-refractivity contribution < 1.29 is 4.74 Å². The van der Waals surface area contributed by atoms with Crippen LogP contribution < -0.4 is 4.74 Å². The molecule has 0 bridgehead atoms. The van der Waals surface area contributed by atoms with E-state index in [0.29, 0.717) is 5.92 Å². The molecule has 1 atom stereocenters. The van der Waals surface area contributed by atoms with E-state index >= 15 is 0 Å². The number of benzene rings is 2. The molecule has 0 spiro atoms. The van der Waals surface area contributed by atoms with Crippen molar-refractivity contribution in [1.82, 2.24) is 19.7 Å². The Hall–Kier alpha value is -2.31. The second-order valence-corrected chi connectivity index (χ2v) is 8.42. The highest BCUT2D eigenvalue weighted by Crippen LogP contribution is 2.31. The van der Waals surface area contributed by atoms with Crippen LogP contribution in [0.2, 0.25) is 0 Å². The second-order valence-electron chi connectivity index (χ2n) is 7.43. The van der Waals surface area contributed by atoms with Gasteiger partial charge in [0.1, 0.15) is 5.75 Å². The minimum Gasteiger partial charge on any atom is -0.497 e. The summed E-state index contributed by atoms with van der Waals surface area (Å²) in [7, 11) is 3.88. The molecule has 1 saturated heterocycles. The van der Waals surface area contributed by atoms with Crippen molar-refractivity contribution in [3.8, 4) is 22.8 Å². The van der Waals surface area contributed by atoms with Gasteiger partial charge >= 0.3 is 0 Å². The van der Waals surface area contributed by atoms with Gasteiger partial charge in [0.25, 0.3) is 0 Å². The number of hydrogen-bond donors (Lipinski definition) is 0. The van der Waals surface area contributed by atoms with Crippen LogP contribution in [-0.2, 0) is 0 Å². The lowest BCUT2D eigenvalue weighted by Crippen LogP contribution is -2.15. The van der Waals surface area contributed by atoms with Crippen molar-refractivity contribution in [3.63, 3.8) is 0 Å². The first kappa shape index (κ1) is 19.0. The van der Waals surface area contributed by atoms with Gasteiger partial charge < -0.3 is 9.64 Å². The van der Waals surface area contributed by atoms with Crippen molar-refractivity contribution in [2.75, 3.05) is 33.0 Å². The summed E-state index contributed by atoms with van der Waals surface area (Å²) in [6.45, 7) is 4.45. The molecule has 0 aliphatic carbocycles. The average Bonchev–Trinajstić information content (AvgIpc) is 3.33. The van der Waals surface area contributed by atoms with E-state index in [9.17, 15) is 0 Å². The molecule has 0 saturated carbocycles. The summed E-state index contributed by atoms with van der Waals surface area (Å²) < 4.78 is 7.46. The molecule has 0 N–H and O–H groups in total. The number of thioether (sulfide) groups is 1. The molecule has 1 fully saturated rings. The van der Waals surface area contributed by atoms with Gasteiger partial charge in [0, 0.05) is 23.5 Å². The van der Waals surface area contributed by atoms with E-state index in [0.717, 1.165) is 40.3 Å². The lowest BCUT2D eigenvalue weighted by atomic mass is 10.2. The Kier molecular flexibility index (Phi) is 5.69. The summed E-state index contributed by atoms with van der Waals surface area (Å²) in [5.74, 6) is 3.47. The van der Waals surface area contributed by atoms with Crippen LogP contribution in [0.4, 0.5) is 0 Å². The van der Waals surface area contributed by atoms with E-state index in [-0.39, 0.29) is 0 Å². The van der Waals surface area contributed by atoms with Crippen molar-refractivity contribution in [2.24, 2.45) is 5.92 Å². The number of nitrogens with zero attached hydrogens (tertiary/aromatic N) is 4. The van der Waals surface area contributed by atoms with Gasteiger partial charge in [0.15, 0.2) is 11.0 Å². The topological polar surface area (TPSA) is 43.2 Å². The summed E-state index contributed by atoms with van der Waals surface area (Å²) in [5.41, 5.74) is 3.36. The molecule has 0 unspecified atom stereocenters. The van der Waals surface area contributed by atoms with Crippen LogP contribution in [0.15, 0.2) is 53.7 Å². The summed E-state index contributed by atoms with van der Waals surface area (Å²) in [6, 6.07) is 16.5. The molecule has 1 aliphatic rings. The summed E-state index contributed by atoms with van der Waals surface area (Å²) in [5, 5.41) is 10.0. The molecule has 4 rings (SSSR count). The lowest BCUT2D eigenvalue weighted by Gasteiger charge is -2.13. The maximum absolute atomic E-state index is 5.29. The zero-order chi connectivity index (χ0) is 19.5. The highest BCUT2D eigenvalue weighted by atomic mass is 32.2. The molecule has 28 heavy (non-hydrogen) atoms. The zero-order valence-electron chi connectivity index (χ0n) is 16.6. The maximum atomic E-state index is 5.29. The Balaban J connectivity index is 1.67. The van der Waals surface area contributed by atoms with Crippen molar-refractivity contribution >= 4 is 11.8 Å². The first-order valence-electron chi connectivity index (χ1n) is 9.62.